The van der Waals surface area contributed by atoms with Gasteiger partial charge in [-0.15, -0.1) is 0 Å². The first kappa shape index (κ1) is 15.2. The van der Waals surface area contributed by atoms with E-state index in [1.54, 1.807) is 0 Å². The van der Waals surface area contributed by atoms with E-state index in [4.69, 9.17) is 4.42 Å². The van der Waals surface area contributed by atoms with Crippen LogP contribution in [-0.4, -0.2) is 6.03 Å². The lowest BCUT2D eigenvalue weighted by molar-refractivity contribution is 0.247. The van der Waals surface area contributed by atoms with Crippen molar-refractivity contribution in [1.82, 2.24) is 5.32 Å². The van der Waals surface area contributed by atoms with E-state index in [2.05, 4.69) is 22.8 Å². The maximum absolute atomic E-state index is 12.1. The molecule has 0 radical (unpaired) electrons. The molecule has 1 aromatic carbocycles. The molecule has 0 bridgehead atoms. The molecule has 1 heterocycles. The van der Waals surface area contributed by atoms with Gasteiger partial charge in [0.05, 0.1) is 6.04 Å². The van der Waals surface area contributed by atoms with Gasteiger partial charge in [-0.2, -0.15) is 0 Å². The van der Waals surface area contributed by atoms with E-state index in [9.17, 15) is 4.79 Å². The summed E-state index contributed by atoms with van der Waals surface area (Å²) >= 11 is 0. The van der Waals surface area contributed by atoms with Gasteiger partial charge in [0, 0.05) is 5.69 Å². The number of urea groups is 1. The molecule has 21 heavy (non-hydrogen) atoms. The molecule has 2 amide bonds. The van der Waals surface area contributed by atoms with Crippen LogP contribution < -0.4 is 10.6 Å². The Labute approximate surface area is 125 Å². The maximum Gasteiger partial charge on any atom is 0.319 e. The van der Waals surface area contributed by atoms with Crippen LogP contribution in [0.3, 0.4) is 0 Å². The molecule has 0 aliphatic carbocycles. The topological polar surface area (TPSA) is 54.3 Å². The molecule has 0 aliphatic rings. The van der Waals surface area contributed by atoms with Crippen LogP contribution in [0, 0.1) is 27.7 Å². The third-order valence-electron chi connectivity index (χ3n) is 3.45. The van der Waals surface area contributed by atoms with Crippen molar-refractivity contribution in [3.8, 4) is 0 Å². The van der Waals surface area contributed by atoms with Crippen LogP contribution in [0.2, 0.25) is 0 Å². The Morgan fingerprint density at radius 1 is 1.10 bits per heavy atom. The number of carbonyl (C=O) groups excluding carboxylic acids is 1. The molecular weight excluding hydrogens is 264 g/mol. The fraction of sp³-hybridized carbons (Fsp3) is 0.353. The third kappa shape index (κ3) is 3.66. The molecule has 0 aliphatic heterocycles. The number of anilines is 1. The molecule has 0 saturated carbocycles. The number of hydrogen-bond acceptors (Lipinski definition) is 2. The molecule has 112 valence electrons. The number of hydrogen-bond donors (Lipinski definition) is 2. The third-order valence-corrected chi connectivity index (χ3v) is 3.45. The van der Waals surface area contributed by atoms with Crippen molar-refractivity contribution in [2.24, 2.45) is 0 Å². The molecule has 2 aromatic rings. The average Bonchev–Trinajstić information content (AvgIpc) is 2.80. The maximum atomic E-state index is 12.1. The number of carbonyl (C=O) groups is 1. The Hall–Kier alpha value is -2.23. The smallest absolute Gasteiger partial charge is 0.319 e. The minimum atomic E-state index is -0.230. The van der Waals surface area contributed by atoms with E-state index < -0.39 is 0 Å². The van der Waals surface area contributed by atoms with Crippen LogP contribution in [0.5, 0.6) is 0 Å². The first-order valence-electron chi connectivity index (χ1n) is 7.08. The highest BCUT2D eigenvalue weighted by molar-refractivity contribution is 5.91. The predicted octanol–water partition coefficient (Wildman–Crippen LogP) is 4.40. The summed E-state index contributed by atoms with van der Waals surface area (Å²) in [5.74, 6) is 1.59. The van der Waals surface area contributed by atoms with Gasteiger partial charge in [-0.05, 0) is 57.9 Å². The van der Waals surface area contributed by atoms with E-state index in [-0.39, 0.29) is 12.1 Å². The van der Waals surface area contributed by atoms with Crippen molar-refractivity contribution in [2.45, 2.75) is 40.7 Å². The molecular formula is C17H22N2O2. The highest BCUT2D eigenvalue weighted by atomic mass is 16.3. The lowest BCUT2D eigenvalue weighted by atomic mass is 10.1. The van der Waals surface area contributed by atoms with Crippen LogP contribution in [0.25, 0.3) is 0 Å². The van der Waals surface area contributed by atoms with Crippen molar-refractivity contribution >= 4 is 11.7 Å². The summed E-state index contributed by atoms with van der Waals surface area (Å²) in [5.41, 5.74) is 4.17. The number of furan rings is 1. The lowest BCUT2D eigenvalue weighted by Crippen LogP contribution is -2.31. The van der Waals surface area contributed by atoms with E-state index in [0.717, 1.165) is 28.3 Å². The SMILES string of the molecule is Cc1cc(C)c(NC(=O)N[C@@H](C)c2ccc(C)o2)c(C)c1. The van der Waals surface area contributed by atoms with Crippen molar-refractivity contribution < 1.29 is 9.21 Å². The van der Waals surface area contributed by atoms with Crippen LogP contribution >= 0.6 is 0 Å². The summed E-state index contributed by atoms with van der Waals surface area (Å²) in [6, 6.07) is 7.48. The Morgan fingerprint density at radius 2 is 1.71 bits per heavy atom. The van der Waals surface area contributed by atoms with Crippen molar-refractivity contribution in [1.29, 1.82) is 0 Å². The summed E-state index contributed by atoms with van der Waals surface area (Å²) in [6.45, 7) is 9.82. The van der Waals surface area contributed by atoms with Gasteiger partial charge in [0.2, 0.25) is 0 Å². The van der Waals surface area contributed by atoms with Crippen molar-refractivity contribution in [3.63, 3.8) is 0 Å². The Morgan fingerprint density at radius 3 is 2.24 bits per heavy atom. The first-order valence-corrected chi connectivity index (χ1v) is 7.08. The molecule has 1 aromatic heterocycles. The van der Waals surface area contributed by atoms with Crippen molar-refractivity contribution in [2.75, 3.05) is 5.32 Å². The van der Waals surface area contributed by atoms with Gasteiger partial charge in [0.15, 0.2) is 0 Å². The molecule has 1 atom stereocenters. The van der Waals surface area contributed by atoms with Gasteiger partial charge < -0.3 is 15.1 Å². The van der Waals surface area contributed by atoms with Gasteiger partial charge in [0.25, 0.3) is 0 Å². The van der Waals surface area contributed by atoms with E-state index in [1.165, 1.54) is 5.56 Å². The summed E-state index contributed by atoms with van der Waals surface area (Å²) in [5, 5.41) is 5.80. The van der Waals surface area contributed by atoms with Gasteiger partial charge in [0.1, 0.15) is 11.5 Å². The zero-order valence-corrected chi connectivity index (χ0v) is 13.2. The van der Waals surface area contributed by atoms with E-state index in [0.29, 0.717) is 0 Å². The Balaban J connectivity index is 2.05. The van der Waals surface area contributed by atoms with E-state index in [1.807, 2.05) is 46.8 Å². The van der Waals surface area contributed by atoms with Crippen LogP contribution in [-0.2, 0) is 0 Å². The standard InChI is InChI=1S/C17H22N2O2/c1-10-8-11(2)16(12(3)9-10)19-17(20)18-14(5)15-7-6-13(4)21-15/h6-9,14H,1-5H3,(H2,18,19,20)/t14-/m0/s1. The summed E-state index contributed by atoms with van der Waals surface area (Å²) in [6.07, 6.45) is 0. The second kappa shape index (κ2) is 6.04. The highest BCUT2D eigenvalue weighted by Gasteiger charge is 2.14. The molecule has 0 unspecified atom stereocenters. The van der Waals surface area contributed by atoms with E-state index >= 15 is 0 Å². The monoisotopic (exact) mass is 286 g/mol. The van der Waals surface area contributed by atoms with Gasteiger partial charge >= 0.3 is 6.03 Å². The predicted molar refractivity (Wildman–Crippen MR) is 84.7 cm³/mol. The number of aryl methyl sites for hydroxylation is 4. The fourth-order valence-corrected chi connectivity index (χ4v) is 2.48. The second-order valence-electron chi connectivity index (χ2n) is 5.54. The molecule has 0 saturated heterocycles. The second-order valence-corrected chi connectivity index (χ2v) is 5.54. The summed E-state index contributed by atoms with van der Waals surface area (Å²) in [7, 11) is 0. The molecule has 0 fully saturated rings. The highest BCUT2D eigenvalue weighted by Crippen LogP contribution is 2.22. The normalized spacial score (nSPS) is 12.0. The van der Waals surface area contributed by atoms with Crippen LogP contribution in [0.1, 0.15) is 41.2 Å². The zero-order valence-electron chi connectivity index (χ0n) is 13.2. The quantitative estimate of drug-likeness (QED) is 0.878. The minimum Gasteiger partial charge on any atom is -0.464 e. The molecule has 4 nitrogen and oxygen atoms in total. The zero-order chi connectivity index (χ0) is 15.6. The van der Waals surface area contributed by atoms with Gasteiger partial charge in [-0.1, -0.05) is 17.7 Å². The largest absolute Gasteiger partial charge is 0.464 e. The number of nitrogens with one attached hydrogen (secondary N) is 2. The fourth-order valence-electron chi connectivity index (χ4n) is 2.48. The molecule has 0 spiro atoms. The van der Waals surface area contributed by atoms with Gasteiger partial charge in [-0.25, -0.2) is 4.79 Å². The first-order chi connectivity index (χ1) is 9.86. The van der Waals surface area contributed by atoms with Crippen LogP contribution in [0.4, 0.5) is 10.5 Å². The number of benzene rings is 1. The Bertz CT molecular complexity index is 636. The molecule has 4 heteroatoms. The lowest BCUT2D eigenvalue weighted by Gasteiger charge is -2.16. The summed E-state index contributed by atoms with van der Waals surface area (Å²) in [4.78, 5) is 12.1. The number of rotatable bonds is 3. The van der Waals surface area contributed by atoms with Crippen molar-refractivity contribution in [3.05, 3.63) is 52.5 Å². The summed E-state index contributed by atoms with van der Waals surface area (Å²) < 4.78 is 5.52. The molecule has 2 rings (SSSR count). The van der Waals surface area contributed by atoms with Crippen LogP contribution in [0.15, 0.2) is 28.7 Å². The minimum absolute atomic E-state index is 0.176. The Kier molecular flexibility index (Phi) is 4.36. The number of amides is 2. The average molecular weight is 286 g/mol. The molecule has 2 N–H and O–H groups in total. The van der Waals surface area contributed by atoms with Gasteiger partial charge in [-0.3, -0.25) is 0 Å².